The van der Waals surface area contributed by atoms with Crippen molar-refractivity contribution in [2.75, 3.05) is 0 Å². The average Bonchev–Trinajstić information content (AvgIpc) is 2.73. The molecule has 2 heterocycles. The third-order valence-corrected chi connectivity index (χ3v) is 2.69. The SMILES string of the molecule is Cn1nccc1C(O)c1occc1Br. The van der Waals surface area contributed by atoms with Gasteiger partial charge in [-0.15, -0.1) is 0 Å². The van der Waals surface area contributed by atoms with Crippen LogP contribution in [0, 0.1) is 0 Å². The summed E-state index contributed by atoms with van der Waals surface area (Å²) in [4.78, 5) is 0. The number of rotatable bonds is 2. The van der Waals surface area contributed by atoms with Crippen LogP contribution in [0.1, 0.15) is 17.6 Å². The number of hydrogen-bond donors (Lipinski definition) is 1. The van der Waals surface area contributed by atoms with Crippen molar-refractivity contribution in [1.82, 2.24) is 9.78 Å². The molecule has 1 atom stereocenters. The summed E-state index contributed by atoms with van der Waals surface area (Å²) >= 11 is 3.29. The number of aryl methyl sites for hydroxylation is 1. The number of halogens is 1. The molecule has 14 heavy (non-hydrogen) atoms. The smallest absolute Gasteiger partial charge is 0.154 e. The van der Waals surface area contributed by atoms with Gasteiger partial charge < -0.3 is 9.52 Å². The highest BCUT2D eigenvalue weighted by Gasteiger charge is 2.19. The van der Waals surface area contributed by atoms with Crippen molar-refractivity contribution in [3.05, 3.63) is 40.5 Å². The van der Waals surface area contributed by atoms with Gasteiger partial charge in [0.05, 0.1) is 16.4 Å². The van der Waals surface area contributed by atoms with Crippen molar-refractivity contribution >= 4 is 15.9 Å². The topological polar surface area (TPSA) is 51.2 Å². The van der Waals surface area contributed by atoms with Crippen molar-refractivity contribution in [2.24, 2.45) is 7.05 Å². The number of aliphatic hydroxyl groups excluding tert-OH is 1. The van der Waals surface area contributed by atoms with Crippen molar-refractivity contribution < 1.29 is 9.52 Å². The van der Waals surface area contributed by atoms with Gasteiger partial charge in [-0.05, 0) is 28.1 Å². The number of aromatic nitrogens is 2. The second kappa shape index (κ2) is 3.59. The van der Waals surface area contributed by atoms with Gasteiger partial charge in [0.1, 0.15) is 0 Å². The second-order valence-electron chi connectivity index (χ2n) is 2.92. The van der Waals surface area contributed by atoms with Crippen LogP contribution in [0.4, 0.5) is 0 Å². The normalized spacial score (nSPS) is 13.1. The van der Waals surface area contributed by atoms with Gasteiger partial charge >= 0.3 is 0 Å². The third-order valence-electron chi connectivity index (χ3n) is 2.03. The first-order valence-corrected chi connectivity index (χ1v) is 4.88. The zero-order valence-electron chi connectivity index (χ0n) is 7.51. The van der Waals surface area contributed by atoms with Gasteiger partial charge in [-0.3, -0.25) is 4.68 Å². The summed E-state index contributed by atoms with van der Waals surface area (Å²) in [6.07, 6.45) is 2.38. The van der Waals surface area contributed by atoms with Crippen molar-refractivity contribution in [1.29, 1.82) is 0 Å². The maximum absolute atomic E-state index is 9.95. The van der Waals surface area contributed by atoms with Crippen LogP contribution in [-0.2, 0) is 7.05 Å². The highest BCUT2D eigenvalue weighted by Crippen LogP contribution is 2.28. The molecule has 0 amide bonds. The van der Waals surface area contributed by atoms with E-state index in [4.69, 9.17) is 4.42 Å². The lowest BCUT2D eigenvalue weighted by atomic mass is 10.2. The number of nitrogens with zero attached hydrogens (tertiary/aromatic N) is 2. The average molecular weight is 257 g/mol. The predicted octanol–water partition coefficient (Wildman–Crippen LogP) is 1.86. The van der Waals surface area contributed by atoms with Gasteiger partial charge in [-0.25, -0.2) is 0 Å². The zero-order chi connectivity index (χ0) is 10.1. The third kappa shape index (κ3) is 1.49. The largest absolute Gasteiger partial charge is 0.465 e. The highest BCUT2D eigenvalue weighted by molar-refractivity contribution is 9.10. The van der Waals surface area contributed by atoms with Crippen molar-refractivity contribution in [2.45, 2.75) is 6.10 Å². The predicted molar refractivity (Wildman–Crippen MR) is 53.7 cm³/mol. The van der Waals surface area contributed by atoms with Gasteiger partial charge in [-0.2, -0.15) is 5.10 Å². The number of furan rings is 1. The Morgan fingerprint density at radius 3 is 2.86 bits per heavy atom. The first kappa shape index (κ1) is 9.48. The minimum atomic E-state index is -0.785. The lowest BCUT2D eigenvalue weighted by molar-refractivity contribution is 0.179. The summed E-state index contributed by atoms with van der Waals surface area (Å²) in [5.41, 5.74) is 0.695. The molecule has 1 N–H and O–H groups in total. The maximum atomic E-state index is 9.95. The summed E-state index contributed by atoms with van der Waals surface area (Å²) in [5.74, 6) is 0.494. The van der Waals surface area contributed by atoms with Crippen LogP contribution in [0.25, 0.3) is 0 Å². The van der Waals surface area contributed by atoms with Crippen LogP contribution >= 0.6 is 15.9 Å². The van der Waals surface area contributed by atoms with Crippen LogP contribution in [0.15, 0.2) is 33.5 Å². The molecule has 5 heteroatoms. The summed E-state index contributed by atoms with van der Waals surface area (Å²) in [5, 5.41) is 13.9. The molecule has 0 aliphatic carbocycles. The van der Waals surface area contributed by atoms with Crippen LogP contribution in [0.5, 0.6) is 0 Å². The Labute approximate surface area is 89.3 Å². The van der Waals surface area contributed by atoms with E-state index in [1.54, 1.807) is 30.1 Å². The van der Waals surface area contributed by atoms with Crippen LogP contribution < -0.4 is 0 Å². The Bertz CT molecular complexity index is 395. The molecule has 74 valence electrons. The van der Waals surface area contributed by atoms with E-state index < -0.39 is 6.10 Å². The van der Waals surface area contributed by atoms with Crippen LogP contribution in [0.3, 0.4) is 0 Å². The molecule has 4 nitrogen and oxygen atoms in total. The summed E-state index contributed by atoms with van der Waals surface area (Å²) in [6.45, 7) is 0. The van der Waals surface area contributed by atoms with Gasteiger partial charge in [0, 0.05) is 13.2 Å². The molecule has 0 aromatic carbocycles. The van der Waals surface area contributed by atoms with E-state index in [0.717, 1.165) is 4.47 Å². The molecule has 0 radical (unpaired) electrons. The minimum Gasteiger partial charge on any atom is -0.465 e. The Balaban J connectivity index is 2.38. The molecule has 0 bridgehead atoms. The lowest BCUT2D eigenvalue weighted by Gasteiger charge is -2.08. The van der Waals surface area contributed by atoms with Gasteiger partial charge in [-0.1, -0.05) is 0 Å². The molecule has 0 spiro atoms. The number of hydrogen-bond acceptors (Lipinski definition) is 3. The van der Waals surface area contributed by atoms with E-state index in [1.165, 1.54) is 6.26 Å². The van der Waals surface area contributed by atoms with E-state index >= 15 is 0 Å². The minimum absolute atomic E-state index is 0.494. The molecule has 2 aromatic rings. The van der Waals surface area contributed by atoms with Crippen molar-refractivity contribution in [3.8, 4) is 0 Å². The highest BCUT2D eigenvalue weighted by atomic mass is 79.9. The summed E-state index contributed by atoms with van der Waals surface area (Å²) < 4.78 is 7.53. The molecule has 0 saturated carbocycles. The lowest BCUT2D eigenvalue weighted by Crippen LogP contribution is -2.06. The standard InChI is InChI=1S/C9H9BrN2O2/c1-12-7(2-4-11-12)8(13)9-6(10)3-5-14-9/h2-5,8,13H,1H3. The van der Waals surface area contributed by atoms with E-state index in [2.05, 4.69) is 21.0 Å². The molecule has 0 aliphatic heterocycles. The van der Waals surface area contributed by atoms with E-state index in [1.807, 2.05) is 0 Å². The quantitative estimate of drug-likeness (QED) is 0.893. The molecule has 2 aromatic heterocycles. The fourth-order valence-corrected chi connectivity index (χ4v) is 1.71. The fourth-order valence-electron chi connectivity index (χ4n) is 1.29. The van der Waals surface area contributed by atoms with E-state index in [0.29, 0.717) is 11.5 Å². The zero-order valence-corrected chi connectivity index (χ0v) is 9.10. The molecule has 0 saturated heterocycles. The Morgan fingerprint density at radius 2 is 2.36 bits per heavy atom. The first-order chi connectivity index (χ1) is 6.70. The van der Waals surface area contributed by atoms with Crippen molar-refractivity contribution in [3.63, 3.8) is 0 Å². The molecule has 0 fully saturated rings. The van der Waals surface area contributed by atoms with Crippen LogP contribution in [0.2, 0.25) is 0 Å². The van der Waals surface area contributed by atoms with E-state index in [9.17, 15) is 5.11 Å². The summed E-state index contributed by atoms with van der Waals surface area (Å²) in [7, 11) is 1.77. The monoisotopic (exact) mass is 256 g/mol. The van der Waals surface area contributed by atoms with Crippen LogP contribution in [-0.4, -0.2) is 14.9 Å². The maximum Gasteiger partial charge on any atom is 0.154 e. The van der Waals surface area contributed by atoms with Gasteiger partial charge in [0.2, 0.25) is 0 Å². The molecule has 0 aliphatic rings. The molecule has 2 rings (SSSR count). The first-order valence-electron chi connectivity index (χ1n) is 4.09. The van der Waals surface area contributed by atoms with Gasteiger partial charge in [0.25, 0.3) is 0 Å². The van der Waals surface area contributed by atoms with E-state index in [-0.39, 0.29) is 0 Å². The fraction of sp³-hybridized carbons (Fsp3) is 0.222. The summed E-state index contributed by atoms with van der Waals surface area (Å²) in [6, 6.07) is 3.49. The number of aliphatic hydroxyl groups is 1. The molecule has 1 unspecified atom stereocenters. The Kier molecular flexibility index (Phi) is 2.43. The second-order valence-corrected chi connectivity index (χ2v) is 3.77. The molecular formula is C9H9BrN2O2. The Hall–Kier alpha value is -1.07. The van der Waals surface area contributed by atoms with Gasteiger partial charge in [0.15, 0.2) is 11.9 Å². The molecular weight excluding hydrogens is 248 g/mol. The Morgan fingerprint density at radius 1 is 1.57 bits per heavy atom.